The van der Waals surface area contributed by atoms with Crippen molar-refractivity contribution in [2.75, 3.05) is 19.8 Å². The standard InChI is InChI=1S/C17H36O3Si2/c1-7-18-22(19-8-2,20-9-3)17-15-13-14-16-21(10-4,11-5)12-6/h7-13,15,17H2,1-6H3. The van der Waals surface area contributed by atoms with Gasteiger partial charge in [-0.1, -0.05) is 20.8 Å². The monoisotopic (exact) mass is 344 g/mol. The highest BCUT2D eigenvalue weighted by Gasteiger charge is 2.39. The molecule has 0 saturated carbocycles. The molecule has 0 N–H and O–H groups in total. The maximum absolute atomic E-state index is 5.88. The van der Waals surface area contributed by atoms with Gasteiger partial charge < -0.3 is 13.3 Å². The highest BCUT2D eigenvalue weighted by atomic mass is 28.4. The van der Waals surface area contributed by atoms with Crippen molar-refractivity contribution in [2.45, 2.75) is 78.6 Å². The van der Waals surface area contributed by atoms with E-state index in [1.165, 1.54) is 18.1 Å². The van der Waals surface area contributed by atoms with Gasteiger partial charge in [0, 0.05) is 32.3 Å². The lowest BCUT2D eigenvalue weighted by Gasteiger charge is -2.28. The van der Waals surface area contributed by atoms with Gasteiger partial charge in [-0.15, -0.1) is 11.5 Å². The molecule has 5 heteroatoms. The van der Waals surface area contributed by atoms with E-state index in [4.69, 9.17) is 13.3 Å². The van der Waals surface area contributed by atoms with Crippen molar-refractivity contribution in [3.63, 3.8) is 0 Å². The first-order valence-corrected chi connectivity index (χ1v) is 13.5. The number of rotatable bonds is 12. The molecule has 0 aromatic carbocycles. The summed E-state index contributed by atoms with van der Waals surface area (Å²) in [5.41, 5.74) is 3.65. The number of unbranched alkanes of at least 4 members (excludes halogenated alkanes) is 1. The minimum absolute atomic E-state index is 0.648. The van der Waals surface area contributed by atoms with Gasteiger partial charge in [0.1, 0.15) is 8.07 Å². The highest BCUT2D eigenvalue weighted by molar-refractivity contribution is 6.87. The van der Waals surface area contributed by atoms with E-state index in [1.807, 2.05) is 20.8 Å². The first-order chi connectivity index (χ1) is 10.6. The van der Waals surface area contributed by atoms with Gasteiger partial charge in [-0.2, -0.15) is 0 Å². The summed E-state index contributed by atoms with van der Waals surface area (Å²) >= 11 is 0. The molecule has 0 bridgehead atoms. The van der Waals surface area contributed by atoms with Crippen molar-refractivity contribution < 1.29 is 13.3 Å². The molecule has 0 rings (SSSR count). The van der Waals surface area contributed by atoms with Crippen LogP contribution in [0.15, 0.2) is 0 Å². The predicted molar refractivity (Wildman–Crippen MR) is 99.6 cm³/mol. The van der Waals surface area contributed by atoms with Gasteiger partial charge in [0.25, 0.3) is 0 Å². The van der Waals surface area contributed by atoms with E-state index in [2.05, 4.69) is 32.2 Å². The average Bonchev–Trinajstić information content (AvgIpc) is 2.52. The predicted octanol–water partition coefficient (Wildman–Crippen LogP) is 4.87. The minimum atomic E-state index is -2.47. The van der Waals surface area contributed by atoms with Crippen molar-refractivity contribution in [3.05, 3.63) is 0 Å². The van der Waals surface area contributed by atoms with Crippen LogP contribution in [0.1, 0.15) is 54.4 Å². The van der Waals surface area contributed by atoms with Gasteiger partial charge >= 0.3 is 8.80 Å². The lowest BCUT2D eigenvalue weighted by molar-refractivity contribution is 0.0709. The molecule has 0 aromatic rings. The zero-order chi connectivity index (χ0) is 16.9. The van der Waals surface area contributed by atoms with E-state index in [-0.39, 0.29) is 0 Å². The first kappa shape index (κ1) is 21.9. The van der Waals surface area contributed by atoms with Gasteiger partial charge in [0.15, 0.2) is 0 Å². The van der Waals surface area contributed by atoms with Crippen molar-refractivity contribution in [1.82, 2.24) is 0 Å². The summed E-state index contributed by atoms with van der Waals surface area (Å²) < 4.78 is 17.6. The molecule has 130 valence electrons. The molecule has 0 saturated heterocycles. The van der Waals surface area contributed by atoms with Crippen molar-refractivity contribution in [2.24, 2.45) is 0 Å². The van der Waals surface area contributed by atoms with Crippen LogP contribution in [0.2, 0.25) is 24.2 Å². The van der Waals surface area contributed by atoms with Crippen LogP contribution in [0, 0.1) is 11.5 Å². The molecule has 0 unspecified atom stereocenters. The smallest absolute Gasteiger partial charge is 0.374 e. The highest BCUT2D eigenvalue weighted by Crippen LogP contribution is 2.21. The Morgan fingerprint density at radius 3 is 1.55 bits per heavy atom. The Bertz CT molecular complexity index is 307. The van der Waals surface area contributed by atoms with E-state index < -0.39 is 16.9 Å². The lowest BCUT2D eigenvalue weighted by Crippen LogP contribution is -2.45. The van der Waals surface area contributed by atoms with E-state index in [1.54, 1.807) is 0 Å². The summed E-state index contributed by atoms with van der Waals surface area (Å²) in [6.07, 6.45) is 1.93. The quantitative estimate of drug-likeness (QED) is 0.287. The van der Waals surface area contributed by atoms with Crippen LogP contribution in [0.3, 0.4) is 0 Å². The van der Waals surface area contributed by atoms with Crippen LogP contribution in [-0.4, -0.2) is 36.7 Å². The van der Waals surface area contributed by atoms with Gasteiger partial charge in [0.2, 0.25) is 0 Å². The average molecular weight is 345 g/mol. The maximum Gasteiger partial charge on any atom is 0.500 e. The summed E-state index contributed by atoms with van der Waals surface area (Å²) in [6, 6.07) is 4.67. The third-order valence-electron chi connectivity index (χ3n) is 4.26. The Morgan fingerprint density at radius 1 is 0.727 bits per heavy atom. The fraction of sp³-hybridized carbons (Fsp3) is 0.882. The molecular formula is C17H36O3Si2. The molecule has 0 amide bonds. The van der Waals surface area contributed by atoms with Crippen molar-refractivity contribution in [3.8, 4) is 11.5 Å². The summed E-state index contributed by atoms with van der Waals surface area (Å²) in [6.45, 7) is 14.8. The van der Waals surface area contributed by atoms with Gasteiger partial charge in [-0.3, -0.25) is 0 Å². The molecule has 0 aliphatic rings. The van der Waals surface area contributed by atoms with Crippen LogP contribution >= 0.6 is 0 Å². The second-order valence-electron chi connectivity index (χ2n) is 5.48. The topological polar surface area (TPSA) is 27.7 Å². The molecule has 22 heavy (non-hydrogen) atoms. The summed E-state index contributed by atoms with van der Waals surface area (Å²) in [5.74, 6) is 3.45. The third kappa shape index (κ3) is 7.43. The Morgan fingerprint density at radius 2 is 1.18 bits per heavy atom. The van der Waals surface area contributed by atoms with Crippen LogP contribution < -0.4 is 0 Å². The van der Waals surface area contributed by atoms with Crippen molar-refractivity contribution >= 4 is 16.9 Å². The summed E-state index contributed by atoms with van der Waals surface area (Å²) in [5, 5.41) is 0. The Labute approximate surface area is 140 Å². The first-order valence-electron chi connectivity index (χ1n) is 8.99. The Kier molecular flexibility index (Phi) is 12.2. The fourth-order valence-corrected chi connectivity index (χ4v) is 7.80. The van der Waals surface area contributed by atoms with Crippen LogP contribution in [-0.2, 0) is 13.3 Å². The van der Waals surface area contributed by atoms with Gasteiger partial charge in [0.05, 0.1) is 0 Å². The Hall–Kier alpha value is -0.126. The van der Waals surface area contributed by atoms with Gasteiger partial charge in [-0.25, -0.2) is 0 Å². The number of hydrogen-bond donors (Lipinski definition) is 0. The molecule has 0 aromatic heterocycles. The molecule has 3 nitrogen and oxygen atoms in total. The number of hydrogen-bond acceptors (Lipinski definition) is 3. The molecule has 0 heterocycles. The molecule has 0 radical (unpaired) electrons. The van der Waals surface area contributed by atoms with E-state index in [0.29, 0.717) is 19.8 Å². The molecule has 0 aliphatic carbocycles. The Balaban J connectivity index is 4.56. The third-order valence-corrected chi connectivity index (χ3v) is 12.2. The zero-order valence-corrected chi connectivity index (χ0v) is 17.6. The van der Waals surface area contributed by atoms with Crippen LogP contribution in [0.5, 0.6) is 0 Å². The summed E-state index contributed by atoms with van der Waals surface area (Å²) in [4.78, 5) is 0. The molecule has 0 spiro atoms. The summed E-state index contributed by atoms with van der Waals surface area (Å²) in [7, 11) is -3.78. The van der Waals surface area contributed by atoms with Crippen molar-refractivity contribution in [1.29, 1.82) is 0 Å². The zero-order valence-electron chi connectivity index (χ0n) is 15.6. The normalized spacial score (nSPS) is 12.1. The second-order valence-corrected chi connectivity index (χ2v) is 13.1. The maximum atomic E-state index is 5.88. The SMILES string of the molecule is CCO[Si](CCCC#C[Si](CC)(CC)CC)(OCC)OCC. The van der Waals surface area contributed by atoms with Crippen LogP contribution in [0.25, 0.3) is 0 Å². The minimum Gasteiger partial charge on any atom is -0.374 e. The van der Waals surface area contributed by atoms with Gasteiger partial charge in [-0.05, 0) is 45.3 Å². The lowest BCUT2D eigenvalue weighted by atomic mass is 10.4. The second kappa shape index (κ2) is 12.3. The molecular weight excluding hydrogens is 308 g/mol. The van der Waals surface area contributed by atoms with Crippen LogP contribution in [0.4, 0.5) is 0 Å². The fourth-order valence-electron chi connectivity index (χ4n) is 2.66. The largest absolute Gasteiger partial charge is 0.500 e. The van der Waals surface area contributed by atoms with E-state index in [0.717, 1.165) is 18.9 Å². The van der Waals surface area contributed by atoms with E-state index >= 15 is 0 Å². The molecule has 0 aliphatic heterocycles. The van der Waals surface area contributed by atoms with E-state index in [9.17, 15) is 0 Å². The molecule has 0 atom stereocenters. The molecule has 0 fully saturated rings.